The molecule has 134 valence electrons. The molecule has 1 aliphatic heterocycles. The van der Waals surface area contributed by atoms with E-state index in [1.807, 2.05) is 0 Å². The van der Waals surface area contributed by atoms with E-state index in [4.69, 9.17) is 9.84 Å². The lowest BCUT2D eigenvalue weighted by Crippen LogP contribution is -2.50. The van der Waals surface area contributed by atoms with Crippen molar-refractivity contribution in [2.45, 2.75) is 19.9 Å². The van der Waals surface area contributed by atoms with Crippen molar-refractivity contribution in [1.82, 2.24) is 5.32 Å². The lowest BCUT2D eigenvalue weighted by atomic mass is 10.0. The Bertz CT molecular complexity index is 732. The Kier molecular flexibility index (Phi) is 5.20. The molecule has 0 aromatic heterocycles. The Balaban J connectivity index is 2.23. The Labute approximate surface area is 142 Å². The minimum absolute atomic E-state index is 0.0945. The number of nitrogens with zero attached hydrogens (tertiary/aromatic N) is 2. The van der Waals surface area contributed by atoms with Gasteiger partial charge in [-0.25, -0.2) is 4.79 Å². The highest BCUT2D eigenvalue weighted by atomic mass is 16.6. The molecule has 1 aromatic carbocycles. The maximum Gasteiger partial charge on any atom is 0.326 e. The number of carboxylic acids is 1. The van der Waals surface area contributed by atoms with Crippen LogP contribution in [0.1, 0.15) is 13.8 Å². The molecule has 10 heteroatoms. The van der Waals surface area contributed by atoms with Crippen molar-refractivity contribution in [3.05, 3.63) is 28.3 Å². The van der Waals surface area contributed by atoms with Crippen LogP contribution in [0.3, 0.4) is 0 Å². The number of carbonyl (C=O) groups excluding carboxylic acids is 2. The fraction of sp³-hybridized carbons (Fsp3) is 0.400. The molecule has 0 saturated carbocycles. The van der Waals surface area contributed by atoms with Crippen LogP contribution in [0.25, 0.3) is 0 Å². The Morgan fingerprint density at radius 1 is 1.44 bits per heavy atom. The molecule has 25 heavy (non-hydrogen) atoms. The number of nitro benzene ring substituents is 1. The quantitative estimate of drug-likeness (QED) is 0.563. The van der Waals surface area contributed by atoms with Gasteiger partial charge in [0.05, 0.1) is 10.6 Å². The maximum atomic E-state index is 12.2. The number of carboxylic acid groups (broad SMARTS) is 1. The van der Waals surface area contributed by atoms with E-state index in [2.05, 4.69) is 5.32 Å². The minimum atomic E-state index is -1.19. The minimum Gasteiger partial charge on any atom is -0.482 e. The van der Waals surface area contributed by atoms with Gasteiger partial charge in [0.25, 0.3) is 11.6 Å². The molecule has 0 bridgehead atoms. The van der Waals surface area contributed by atoms with E-state index < -0.39 is 35.3 Å². The van der Waals surface area contributed by atoms with Gasteiger partial charge >= 0.3 is 5.97 Å². The van der Waals surface area contributed by atoms with Gasteiger partial charge < -0.3 is 15.2 Å². The van der Waals surface area contributed by atoms with E-state index in [0.29, 0.717) is 0 Å². The standard InChI is InChI=1S/C15H17N3O7/c1-8(2)14(15(21)22)16-12(19)6-17-10-5-9(18(23)24)3-4-11(10)25-7-13(17)20/h3-5,8,14H,6-7H2,1-2H3,(H,16,19)(H,21,22)/t14-/m1/s1. The second-order valence-corrected chi connectivity index (χ2v) is 5.81. The first-order valence-electron chi connectivity index (χ1n) is 7.44. The van der Waals surface area contributed by atoms with Crippen LogP contribution in [0.4, 0.5) is 11.4 Å². The van der Waals surface area contributed by atoms with Crippen molar-refractivity contribution in [2.75, 3.05) is 18.1 Å². The number of hydrogen-bond donors (Lipinski definition) is 2. The molecule has 0 radical (unpaired) electrons. The van der Waals surface area contributed by atoms with Gasteiger partial charge in [-0.3, -0.25) is 24.6 Å². The van der Waals surface area contributed by atoms with Gasteiger partial charge in [0.1, 0.15) is 18.3 Å². The highest BCUT2D eigenvalue weighted by Crippen LogP contribution is 2.35. The molecule has 1 atom stereocenters. The molecule has 1 aliphatic rings. The third kappa shape index (κ3) is 4.03. The van der Waals surface area contributed by atoms with E-state index in [1.54, 1.807) is 13.8 Å². The summed E-state index contributed by atoms with van der Waals surface area (Å²) in [6.45, 7) is 2.49. The molecule has 0 fully saturated rings. The SMILES string of the molecule is CC(C)[C@@H](NC(=O)CN1C(=O)COc2ccc([N+](=O)[O-])cc21)C(=O)O. The van der Waals surface area contributed by atoms with Crippen LogP contribution in [0.2, 0.25) is 0 Å². The zero-order valence-electron chi connectivity index (χ0n) is 13.6. The summed E-state index contributed by atoms with van der Waals surface area (Å²) in [5.41, 5.74) is -0.162. The summed E-state index contributed by atoms with van der Waals surface area (Å²) in [5.74, 6) is -2.55. The van der Waals surface area contributed by atoms with Gasteiger partial charge in [0.15, 0.2) is 6.61 Å². The number of anilines is 1. The number of non-ortho nitro benzene ring substituents is 1. The summed E-state index contributed by atoms with van der Waals surface area (Å²) in [4.78, 5) is 46.7. The first kappa shape index (κ1) is 18.2. The molecule has 1 aromatic rings. The second-order valence-electron chi connectivity index (χ2n) is 5.81. The number of carbonyl (C=O) groups is 3. The lowest BCUT2D eigenvalue weighted by Gasteiger charge is -2.29. The van der Waals surface area contributed by atoms with Crippen molar-refractivity contribution in [1.29, 1.82) is 0 Å². The molecule has 0 aliphatic carbocycles. The number of benzene rings is 1. The third-order valence-corrected chi connectivity index (χ3v) is 3.65. The normalized spacial score (nSPS) is 14.5. The topological polar surface area (TPSA) is 139 Å². The number of hydrogen-bond acceptors (Lipinski definition) is 6. The van der Waals surface area contributed by atoms with Crippen LogP contribution in [0.15, 0.2) is 18.2 Å². The zero-order valence-corrected chi connectivity index (χ0v) is 13.6. The number of ether oxygens (including phenoxy) is 1. The highest BCUT2D eigenvalue weighted by Gasteiger charge is 2.31. The molecule has 2 N–H and O–H groups in total. The summed E-state index contributed by atoms with van der Waals surface area (Å²) in [6.07, 6.45) is 0. The Hall–Kier alpha value is -3.17. The molecule has 0 unspecified atom stereocenters. The summed E-state index contributed by atoms with van der Waals surface area (Å²) < 4.78 is 5.20. The largest absolute Gasteiger partial charge is 0.482 e. The van der Waals surface area contributed by atoms with Crippen LogP contribution in [0.5, 0.6) is 5.75 Å². The summed E-state index contributed by atoms with van der Waals surface area (Å²) in [7, 11) is 0. The van der Waals surface area contributed by atoms with Crippen LogP contribution in [-0.4, -0.2) is 47.0 Å². The Morgan fingerprint density at radius 2 is 2.12 bits per heavy atom. The smallest absolute Gasteiger partial charge is 0.326 e. The van der Waals surface area contributed by atoms with E-state index in [0.717, 1.165) is 11.0 Å². The lowest BCUT2D eigenvalue weighted by molar-refractivity contribution is -0.384. The molecular formula is C15H17N3O7. The molecule has 1 heterocycles. The first-order valence-corrected chi connectivity index (χ1v) is 7.44. The predicted molar refractivity (Wildman–Crippen MR) is 85.3 cm³/mol. The monoisotopic (exact) mass is 351 g/mol. The number of amides is 2. The van der Waals surface area contributed by atoms with Crippen molar-refractivity contribution in [3.8, 4) is 5.75 Å². The summed E-state index contributed by atoms with van der Waals surface area (Å²) >= 11 is 0. The van der Waals surface area contributed by atoms with Gasteiger partial charge in [-0.15, -0.1) is 0 Å². The maximum absolute atomic E-state index is 12.2. The van der Waals surface area contributed by atoms with Crippen molar-refractivity contribution in [3.63, 3.8) is 0 Å². The van der Waals surface area contributed by atoms with E-state index in [9.17, 15) is 24.5 Å². The number of nitrogens with one attached hydrogen (secondary N) is 1. The van der Waals surface area contributed by atoms with Crippen LogP contribution < -0.4 is 15.0 Å². The third-order valence-electron chi connectivity index (χ3n) is 3.65. The fourth-order valence-electron chi connectivity index (χ4n) is 2.35. The number of nitro groups is 1. The summed E-state index contributed by atoms with van der Waals surface area (Å²) in [6, 6.07) is 2.61. The van der Waals surface area contributed by atoms with Crippen LogP contribution >= 0.6 is 0 Å². The van der Waals surface area contributed by atoms with Crippen LogP contribution in [-0.2, 0) is 14.4 Å². The number of rotatable bonds is 6. The number of aliphatic carboxylic acids is 1. The van der Waals surface area contributed by atoms with Gasteiger partial charge in [-0.2, -0.15) is 0 Å². The highest BCUT2D eigenvalue weighted by molar-refractivity contribution is 6.02. The molecule has 0 saturated heterocycles. The average Bonchev–Trinajstić information content (AvgIpc) is 2.54. The number of fused-ring (bicyclic) bond motifs is 1. The van der Waals surface area contributed by atoms with Crippen LogP contribution in [0, 0.1) is 16.0 Å². The van der Waals surface area contributed by atoms with Gasteiger partial charge in [0.2, 0.25) is 5.91 Å². The fourth-order valence-corrected chi connectivity index (χ4v) is 2.35. The molecular weight excluding hydrogens is 334 g/mol. The molecule has 2 rings (SSSR count). The van der Waals surface area contributed by atoms with E-state index in [1.165, 1.54) is 12.1 Å². The Morgan fingerprint density at radius 3 is 2.68 bits per heavy atom. The first-order chi connectivity index (χ1) is 11.7. The van der Waals surface area contributed by atoms with Crippen molar-refractivity contribution >= 4 is 29.2 Å². The average molecular weight is 351 g/mol. The van der Waals surface area contributed by atoms with Gasteiger partial charge in [-0.05, 0) is 12.0 Å². The molecule has 2 amide bonds. The van der Waals surface area contributed by atoms with E-state index in [-0.39, 0.29) is 29.6 Å². The van der Waals surface area contributed by atoms with Crippen molar-refractivity contribution in [2.24, 2.45) is 5.92 Å². The zero-order chi connectivity index (χ0) is 18.7. The second kappa shape index (κ2) is 7.16. The van der Waals surface area contributed by atoms with Gasteiger partial charge in [-0.1, -0.05) is 13.8 Å². The molecule has 10 nitrogen and oxygen atoms in total. The van der Waals surface area contributed by atoms with E-state index >= 15 is 0 Å². The molecule has 0 spiro atoms. The van der Waals surface area contributed by atoms with Crippen molar-refractivity contribution < 1.29 is 29.2 Å². The van der Waals surface area contributed by atoms with Gasteiger partial charge in [0, 0.05) is 12.1 Å². The summed E-state index contributed by atoms with van der Waals surface area (Å²) in [5, 5.41) is 22.4. The predicted octanol–water partition coefficient (Wildman–Crippen LogP) is 0.546.